The molecule has 1 aromatic heterocycles. The Hall–Kier alpha value is -2.19. The molecule has 152 valence electrons. The van der Waals surface area contributed by atoms with E-state index in [4.69, 9.17) is 4.74 Å². The van der Waals surface area contributed by atoms with E-state index in [1.165, 1.54) is 5.56 Å². The zero-order valence-corrected chi connectivity index (χ0v) is 17.6. The third-order valence-corrected chi connectivity index (χ3v) is 6.71. The molecule has 0 unspecified atom stereocenters. The molecule has 7 nitrogen and oxygen atoms in total. The lowest BCUT2D eigenvalue weighted by molar-refractivity contribution is 0.382. The fourth-order valence-electron chi connectivity index (χ4n) is 3.12. The normalized spacial score (nSPS) is 15.6. The molecule has 1 aliphatic rings. The van der Waals surface area contributed by atoms with Gasteiger partial charge in [-0.3, -0.25) is 0 Å². The topological polar surface area (TPSA) is 75.6 Å². The molecule has 1 aliphatic heterocycles. The van der Waals surface area contributed by atoms with Gasteiger partial charge >= 0.3 is 0 Å². The number of piperazine rings is 1. The zero-order valence-electron chi connectivity index (χ0n) is 16.8. The van der Waals surface area contributed by atoms with E-state index in [9.17, 15) is 8.42 Å². The molecular weight excluding hydrogens is 376 g/mol. The Morgan fingerprint density at radius 3 is 2.36 bits per heavy atom. The van der Waals surface area contributed by atoms with Crippen LogP contribution in [-0.4, -0.2) is 54.6 Å². The first-order chi connectivity index (χ1) is 13.4. The van der Waals surface area contributed by atoms with Crippen molar-refractivity contribution in [1.29, 1.82) is 0 Å². The number of hydrogen-bond acceptors (Lipinski definition) is 6. The van der Waals surface area contributed by atoms with E-state index in [0.717, 1.165) is 18.0 Å². The van der Waals surface area contributed by atoms with Crippen LogP contribution in [0.5, 0.6) is 11.6 Å². The van der Waals surface area contributed by atoms with Gasteiger partial charge in [0, 0.05) is 32.2 Å². The van der Waals surface area contributed by atoms with E-state index in [-0.39, 0.29) is 5.75 Å². The smallest absolute Gasteiger partial charge is 0.224 e. The van der Waals surface area contributed by atoms with Gasteiger partial charge in [-0.2, -0.15) is 9.29 Å². The van der Waals surface area contributed by atoms with Crippen molar-refractivity contribution in [2.45, 2.75) is 33.6 Å². The molecule has 0 saturated carbocycles. The van der Waals surface area contributed by atoms with Crippen molar-refractivity contribution in [2.24, 2.45) is 0 Å². The first-order valence-corrected chi connectivity index (χ1v) is 11.3. The molecule has 28 heavy (non-hydrogen) atoms. The number of unbranched alkanes of at least 4 members (excludes halogenated alkanes) is 1. The Balaban J connectivity index is 1.68. The molecule has 0 bridgehead atoms. The quantitative estimate of drug-likeness (QED) is 0.706. The maximum absolute atomic E-state index is 12.4. The third kappa shape index (κ3) is 5.20. The van der Waals surface area contributed by atoms with Crippen LogP contribution in [0.15, 0.2) is 30.3 Å². The predicted octanol–water partition coefficient (Wildman–Crippen LogP) is 3.14. The average Bonchev–Trinajstić information content (AvgIpc) is 2.68. The van der Waals surface area contributed by atoms with Crippen molar-refractivity contribution in [3.05, 3.63) is 41.7 Å². The average molecular weight is 405 g/mol. The van der Waals surface area contributed by atoms with Gasteiger partial charge in [0.05, 0.1) is 5.75 Å². The fourth-order valence-corrected chi connectivity index (χ4v) is 4.75. The summed E-state index contributed by atoms with van der Waals surface area (Å²) in [6, 6.07) is 9.61. The highest BCUT2D eigenvalue weighted by molar-refractivity contribution is 7.89. The zero-order chi connectivity index (χ0) is 20.1. The summed E-state index contributed by atoms with van der Waals surface area (Å²) in [7, 11) is -3.16. The van der Waals surface area contributed by atoms with Gasteiger partial charge in [0.25, 0.3) is 0 Å². The molecule has 0 atom stereocenters. The molecule has 1 aromatic carbocycles. The third-order valence-electron chi connectivity index (χ3n) is 4.76. The molecule has 2 aromatic rings. The molecule has 0 radical (unpaired) electrons. The molecule has 3 rings (SSSR count). The van der Waals surface area contributed by atoms with Gasteiger partial charge in [-0.15, -0.1) is 0 Å². The lowest BCUT2D eigenvalue weighted by Crippen LogP contribution is -2.49. The highest BCUT2D eigenvalue weighted by Gasteiger charge is 2.27. The molecule has 2 heterocycles. The highest BCUT2D eigenvalue weighted by Crippen LogP contribution is 2.24. The largest absolute Gasteiger partial charge is 0.439 e. The van der Waals surface area contributed by atoms with Crippen molar-refractivity contribution in [3.8, 4) is 11.6 Å². The lowest BCUT2D eigenvalue weighted by Gasteiger charge is -2.34. The first kappa shape index (κ1) is 20.5. The number of hydrogen-bond donors (Lipinski definition) is 0. The maximum atomic E-state index is 12.4. The number of aromatic nitrogens is 2. The van der Waals surface area contributed by atoms with Crippen molar-refractivity contribution in [2.75, 3.05) is 36.8 Å². The summed E-state index contributed by atoms with van der Waals surface area (Å²) in [5.74, 6) is 2.83. The number of rotatable bonds is 7. The van der Waals surface area contributed by atoms with Gasteiger partial charge in [0.2, 0.25) is 15.9 Å². The number of benzene rings is 1. The van der Waals surface area contributed by atoms with E-state index < -0.39 is 10.0 Å². The molecular formula is C20H28N4O3S. The highest BCUT2D eigenvalue weighted by atomic mass is 32.2. The Morgan fingerprint density at radius 1 is 1.04 bits per heavy atom. The second-order valence-electron chi connectivity index (χ2n) is 7.08. The summed E-state index contributed by atoms with van der Waals surface area (Å²) in [4.78, 5) is 11.0. The molecule has 0 N–H and O–H groups in total. The molecule has 1 fully saturated rings. The molecule has 0 aliphatic carbocycles. The summed E-state index contributed by atoms with van der Waals surface area (Å²) in [5.41, 5.74) is 1.17. The van der Waals surface area contributed by atoms with Crippen molar-refractivity contribution >= 4 is 15.8 Å². The molecule has 0 amide bonds. The minimum atomic E-state index is -3.16. The van der Waals surface area contributed by atoms with E-state index in [2.05, 4.69) is 14.9 Å². The Morgan fingerprint density at radius 2 is 1.71 bits per heavy atom. The first-order valence-electron chi connectivity index (χ1n) is 9.70. The van der Waals surface area contributed by atoms with E-state index in [1.54, 1.807) is 4.31 Å². The van der Waals surface area contributed by atoms with Crippen molar-refractivity contribution in [3.63, 3.8) is 0 Å². The monoisotopic (exact) mass is 404 g/mol. The summed E-state index contributed by atoms with van der Waals surface area (Å²) in [5, 5.41) is 0. The number of anilines is 1. The van der Waals surface area contributed by atoms with Crippen LogP contribution in [0.3, 0.4) is 0 Å². The summed E-state index contributed by atoms with van der Waals surface area (Å²) >= 11 is 0. The second-order valence-corrected chi connectivity index (χ2v) is 9.17. The van der Waals surface area contributed by atoms with Gasteiger partial charge in [0.1, 0.15) is 17.4 Å². The van der Waals surface area contributed by atoms with E-state index in [1.807, 2.05) is 51.1 Å². The molecule has 1 saturated heterocycles. The van der Waals surface area contributed by atoms with Gasteiger partial charge in [-0.1, -0.05) is 31.0 Å². The predicted molar refractivity (Wildman–Crippen MR) is 111 cm³/mol. The van der Waals surface area contributed by atoms with Crippen LogP contribution < -0.4 is 9.64 Å². The molecule has 0 spiro atoms. The minimum absolute atomic E-state index is 0.227. The van der Waals surface area contributed by atoms with Crippen LogP contribution in [0.25, 0.3) is 0 Å². The van der Waals surface area contributed by atoms with E-state index in [0.29, 0.717) is 44.3 Å². The molecule has 8 heteroatoms. The van der Waals surface area contributed by atoms with Crippen molar-refractivity contribution < 1.29 is 13.2 Å². The Labute approximate surface area is 167 Å². The number of ether oxygens (including phenoxy) is 1. The number of sulfonamides is 1. The van der Waals surface area contributed by atoms with Gasteiger partial charge < -0.3 is 9.64 Å². The second kappa shape index (κ2) is 8.87. The Bertz CT molecular complexity index is 892. The Kier molecular flexibility index (Phi) is 6.51. The minimum Gasteiger partial charge on any atom is -0.439 e. The SMILES string of the molecule is CCCCS(=O)(=O)N1CCN(c2cc(Oc3ccc(C)cc3)nc(C)n2)CC1. The number of aryl methyl sites for hydroxylation is 2. The fraction of sp³-hybridized carbons (Fsp3) is 0.500. The van der Waals surface area contributed by atoms with E-state index >= 15 is 0 Å². The lowest BCUT2D eigenvalue weighted by atomic mass is 10.2. The summed E-state index contributed by atoms with van der Waals surface area (Å²) in [6.45, 7) is 8.01. The summed E-state index contributed by atoms with van der Waals surface area (Å²) in [6.07, 6.45) is 1.58. The van der Waals surface area contributed by atoms with Crippen LogP contribution in [0.1, 0.15) is 31.2 Å². The maximum Gasteiger partial charge on any atom is 0.224 e. The van der Waals surface area contributed by atoms with Crippen molar-refractivity contribution in [1.82, 2.24) is 14.3 Å². The van der Waals surface area contributed by atoms with Crippen LogP contribution in [-0.2, 0) is 10.0 Å². The van der Waals surface area contributed by atoms with Crippen LogP contribution in [0.2, 0.25) is 0 Å². The standard InChI is InChI=1S/C20H28N4O3S/c1-4-5-14-28(25,26)24-12-10-23(11-13-24)19-15-20(22-17(3)21-19)27-18-8-6-16(2)7-9-18/h6-9,15H,4-5,10-14H2,1-3H3. The van der Waals surface area contributed by atoms with Gasteiger partial charge in [-0.25, -0.2) is 13.4 Å². The van der Waals surface area contributed by atoms with Gasteiger partial charge in [-0.05, 0) is 32.4 Å². The number of nitrogens with zero attached hydrogens (tertiary/aromatic N) is 4. The van der Waals surface area contributed by atoms with Crippen LogP contribution in [0, 0.1) is 13.8 Å². The van der Waals surface area contributed by atoms with Crippen LogP contribution in [0.4, 0.5) is 5.82 Å². The van der Waals surface area contributed by atoms with Gasteiger partial charge in [0.15, 0.2) is 0 Å². The van der Waals surface area contributed by atoms with Crippen LogP contribution >= 0.6 is 0 Å². The summed E-state index contributed by atoms with van der Waals surface area (Å²) < 4.78 is 32.2.